The van der Waals surface area contributed by atoms with Gasteiger partial charge >= 0.3 is 7.82 Å². The molecule has 0 amide bonds. The van der Waals surface area contributed by atoms with Crippen LogP contribution in [0, 0.1) is 0 Å². The van der Waals surface area contributed by atoms with Crippen molar-refractivity contribution in [2.45, 2.75) is 24.4 Å². The fourth-order valence-electron chi connectivity index (χ4n) is 0.671. The minimum atomic E-state index is -4.64. The number of hydrogen-bond donors (Lipinski definition) is 9. The number of rotatable bonds is 5. The molecule has 17 heavy (non-hydrogen) atoms. The number of aliphatic hydroxyl groups excluding tert-OH is 6. The molecule has 0 saturated carbocycles. The fourth-order valence-corrected chi connectivity index (χ4v) is 0.671. The van der Waals surface area contributed by atoms with Crippen LogP contribution >= 0.6 is 7.82 Å². The zero-order valence-corrected chi connectivity index (χ0v) is 9.50. The molecule has 106 valence electrons. The summed E-state index contributed by atoms with van der Waals surface area (Å²) in [5.74, 6) is 0. The van der Waals surface area contributed by atoms with Gasteiger partial charge < -0.3 is 45.3 Å². The zero-order valence-electron chi connectivity index (χ0n) is 8.60. The van der Waals surface area contributed by atoms with Crippen molar-refractivity contribution in [2.24, 2.45) is 0 Å². The first-order valence-electron chi connectivity index (χ1n) is 4.26. The fraction of sp³-hybridized carbons (Fsp3) is 1.00. The molecule has 0 aromatic carbocycles. The van der Waals surface area contributed by atoms with E-state index in [2.05, 4.69) is 0 Å². The smallest absolute Gasteiger partial charge is 0.394 e. The van der Waals surface area contributed by atoms with Crippen molar-refractivity contribution in [3.63, 3.8) is 0 Å². The highest BCUT2D eigenvalue weighted by atomic mass is 31.2. The van der Waals surface area contributed by atoms with Gasteiger partial charge in [-0.3, -0.25) is 0 Å². The van der Waals surface area contributed by atoms with Crippen LogP contribution in [0.4, 0.5) is 0 Å². The second-order valence-electron chi connectivity index (χ2n) is 2.99. The molecule has 10 nitrogen and oxygen atoms in total. The van der Waals surface area contributed by atoms with Crippen LogP contribution in [0.25, 0.3) is 0 Å². The molecule has 0 heterocycles. The van der Waals surface area contributed by atoms with Crippen LogP contribution < -0.4 is 0 Å². The molecule has 0 aliphatic carbocycles. The van der Waals surface area contributed by atoms with E-state index in [1.807, 2.05) is 0 Å². The van der Waals surface area contributed by atoms with Gasteiger partial charge in [-0.1, -0.05) is 0 Å². The van der Waals surface area contributed by atoms with Crippen LogP contribution in [0.5, 0.6) is 0 Å². The van der Waals surface area contributed by atoms with E-state index in [0.29, 0.717) is 0 Å². The number of hydrogen-bond acceptors (Lipinski definition) is 7. The van der Waals surface area contributed by atoms with Crippen molar-refractivity contribution in [2.75, 3.05) is 13.2 Å². The Hall–Kier alpha value is -0.130. The normalized spacial score (nSPS) is 18.6. The molecule has 0 saturated heterocycles. The highest BCUT2D eigenvalue weighted by Crippen LogP contribution is 2.25. The zero-order chi connectivity index (χ0) is 14.2. The summed E-state index contributed by atoms with van der Waals surface area (Å²) in [6.45, 7) is -1.45. The van der Waals surface area contributed by atoms with E-state index in [9.17, 15) is 0 Å². The minimum Gasteiger partial charge on any atom is -0.394 e. The molecular formula is C6H17O10P. The van der Waals surface area contributed by atoms with Crippen LogP contribution in [-0.2, 0) is 4.57 Å². The van der Waals surface area contributed by atoms with Crippen molar-refractivity contribution in [1.82, 2.24) is 0 Å². The first-order valence-corrected chi connectivity index (χ1v) is 5.83. The summed E-state index contributed by atoms with van der Waals surface area (Å²) in [6.07, 6.45) is -6.39. The van der Waals surface area contributed by atoms with Crippen molar-refractivity contribution >= 4 is 7.82 Å². The molecule has 9 N–H and O–H groups in total. The number of phosphoric acid groups is 1. The van der Waals surface area contributed by atoms with Gasteiger partial charge in [0.25, 0.3) is 0 Å². The van der Waals surface area contributed by atoms with E-state index in [-0.39, 0.29) is 0 Å². The lowest BCUT2D eigenvalue weighted by Gasteiger charge is -2.24. The first-order chi connectivity index (χ1) is 7.54. The topological polar surface area (TPSA) is 199 Å². The summed E-state index contributed by atoms with van der Waals surface area (Å²) in [5.41, 5.74) is 0. The average Bonchev–Trinajstić information content (AvgIpc) is 2.22. The maximum Gasteiger partial charge on any atom is 0.466 e. The van der Waals surface area contributed by atoms with Gasteiger partial charge in [0.1, 0.15) is 24.4 Å². The summed E-state index contributed by atoms with van der Waals surface area (Å²) in [5, 5.41) is 52.2. The lowest BCUT2D eigenvalue weighted by Crippen LogP contribution is -2.46. The highest BCUT2D eigenvalue weighted by Gasteiger charge is 2.29. The van der Waals surface area contributed by atoms with E-state index >= 15 is 0 Å². The van der Waals surface area contributed by atoms with Gasteiger partial charge in [0, 0.05) is 0 Å². The van der Waals surface area contributed by atoms with Crippen LogP contribution in [0.1, 0.15) is 0 Å². The van der Waals surface area contributed by atoms with E-state index in [1.165, 1.54) is 0 Å². The van der Waals surface area contributed by atoms with Crippen molar-refractivity contribution in [3.05, 3.63) is 0 Å². The molecule has 0 aromatic heterocycles. The third kappa shape index (κ3) is 12.1. The molecule has 11 heteroatoms. The largest absolute Gasteiger partial charge is 0.466 e. The second-order valence-corrected chi connectivity index (χ2v) is 4.02. The standard InChI is InChI=1S/C6H14O6.H3O4P/c7-1-3(9)5(11)6(12)4(10)2-8;1-5(2,3)4/h3-12H,1-2H2;(H3,1,2,3,4)/t3-,4+,5-,6-;/m1./s1. The first kappa shape index (κ1) is 19.2. The monoisotopic (exact) mass is 280 g/mol. The molecule has 0 aliphatic heterocycles. The Morgan fingerprint density at radius 2 is 0.941 bits per heavy atom. The SMILES string of the molecule is O=P(O)(O)O.OC[C@@H](O)[C@@H](O)[C@H](O)[C@@H](O)CO. The average molecular weight is 280 g/mol. The summed E-state index contributed by atoms with van der Waals surface area (Å²) >= 11 is 0. The maximum atomic E-state index is 8.96. The lowest BCUT2D eigenvalue weighted by atomic mass is 10.0. The molecule has 0 rings (SSSR count). The van der Waals surface area contributed by atoms with Gasteiger partial charge in [0.05, 0.1) is 13.2 Å². The highest BCUT2D eigenvalue weighted by molar-refractivity contribution is 7.45. The van der Waals surface area contributed by atoms with Crippen LogP contribution in [0.2, 0.25) is 0 Å². The molecule has 0 aromatic rings. The predicted octanol–water partition coefficient (Wildman–Crippen LogP) is -4.51. The Morgan fingerprint density at radius 1 is 0.765 bits per heavy atom. The third-order valence-corrected chi connectivity index (χ3v) is 1.51. The van der Waals surface area contributed by atoms with Gasteiger partial charge in [-0.25, -0.2) is 4.57 Å². The quantitative estimate of drug-likeness (QED) is 0.221. The Balaban J connectivity index is 0. The van der Waals surface area contributed by atoms with Crippen LogP contribution in [-0.4, -0.2) is 82.9 Å². The minimum absolute atomic E-state index is 0.726. The van der Waals surface area contributed by atoms with Gasteiger partial charge in [-0.2, -0.15) is 0 Å². The van der Waals surface area contributed by atoms with Gasteiger partial charge in [-0.15, -0.1) is 0 Å². The molecule has 0 unspecified atom stereocenters. The van der Waals surface area contributed by atoms with Crippen molar-refractivity contribution in [1.29, 1.82) is 0 Å². The number of aliphatic hydroxyl groups is 6. The lowest BCUT2D eigenvalue weighted by molar-refractivity contribution is -0.123. The molecule has 0 aliphatic rings. The predicted molar refractivity (Wildman–Crippen MR) is 52.5 cm³/mol. The Bertz CT molecular complexity index is 207. The van der Waals surface area contributed by atoms with E-state index < -0.39 is 45.5 Å². The van der Waals surface area contributed by atoms with Crippen LogP contribution in [0.3, 0.4) is 0 Å². The summed E-state index contributed by atoms with van der Waals surface area (Å²) in [6, 6.07) is 0. The molecule has 0 fully saturated rings. The molecule has 0 radical (unpaired) electrons. The Kier molecular flexibility index (Phi) is 10.0. The third-order valence-electron chi connectivity index (χ3n) is 1.51. The molecule has 0 bridgehead atoms. The van der Waals surface area contributed by atoms with E-state index in [1.54, 1.807) is 0 Å². The molecule has 4 atom stereocenters. The van der Waals surface area contributed by atoms with E-state index in [0.717, 1.165) is 0 Å². The molecular weight excluding hydrogens is 263 g/mol. The van der Waals surface area contributed by atoms with Crippen molar-refractivity contribution < 1.29 is 49.9 Å². The van der Waals surface area contributed by atoms with Crippen LogP contribution in [0.15, 0.2) is 0 Å². The summed E-state index contributed by atoms with van der Waals surface area (Å²) in [7, 11) is -4.64. The van der Waals surface area contributed by atoms with Gasteiger partial charge in [0.15, 0.2) is 0 Å². The second kappa shape index (κ2) is 8.89. The Morgan fingerprint density at radius 3 is 1.06 bits per heavy atom. The molecule has 0 spiro atoms. The summed E-state index contributed by atoms with van der Waals surface area (Å²) < 4.78 is 8.88. The Labute approximate surface area is 96.3 Å². The van der Waals surface area contributed by atoms with Gasteiger partial charge in [0.2, 0.25) is 0 Å². The summed E-state index contributed by atoms with van der Waals surface area (Å²) in [4.78, 5) is 21.6. The maximum absolute atomic E-state index is 8.96. The van der Waals surface area contributed by atoms with E-state index in [4.69, 9.17) is 49.9 Å². The van der Waals surface area contributed by atoms with Gasteiger partial charge in [-0.05, 0) is 0 Å². The van der Waals surface area contributed by atoms with Crippen molar-refractivity contribution in [3.8, 4) is 0 Å².